The molecule has 0 unspecified atom stereocenters. The van der Waals surface area contributed by atoms with Gasteiger partial charge >= 0.3 is 0 Å². The van der Waals surface area contributed by atoms with E-state index in [1.807, 2.05) is 24.0 Å². The minimum Gasteiger partial charge on any atom is -0.441 e. The number of carbonyl (C=O) groups excluding carboxylic acids is 1. The van der Waals surface area contributed by atoms with Crippen molar-refractivity contribution in [2.45, 2.75) is 58.1 Å². The lowest BCUT2D eigenvalue weighted by Crippen LogP contribution is -2.32. The maximum absolute atomic E-state index is 12.6. The highest BCUT2D eigenvalue weighted by Crippen LogP contribution is 2.36. The highest BCUT2D eigenvalue weighted by molar-refractivity contribution is 5.76. The first-order valence-electron chi connectivity index (χ1n) is 9.50. The summed E-state index contributed by atoms with van der Waals surface area (Å²) < 4.78 is 11.9. The van der Waals surface area contributed by atoms with Crippen LogP contribution in [-0.4, -0.2) is 34.5 Å². The number of hydrogen-bond acceptors (Lipinski definition) is 4. The summed E-state index contributed by atoms with van der Waals surface area (Å²) in [5.41, 5.74) is 2.91. The third kappa shape index (κ3) is 3.40. The van der Waals surface area contributed by atoms with Gasteiger partial charge in [0.1, 0.15) is 11.5 Å². The summed E-state index contributed by atoms with van der Waals surface area (Å²) in [5, 5.41) is 0. The van der Waals surface area contributed by atoms with Gasteiger partial charge in [0.05, 0.1) is 12.1 Å². The van der Waals surface area contributed by atoms with E-state index in [4.69, 9.17) is 9.15 Å². The van der Waals surface area contributed by atoms with Crippen molar-refractivity contribution in [3.05, 3.63) is 41.3 Å². The molecule has 138 valence electrons. The minimum atomic E-state index is -0.0734. The quantitative estimate of drug-likeness (QED) is 0.835. The second-order valence-electron chi connectivity index (χ2n) is 7.59. The van der Waals surface area contributed by atoms with Crippen LogP contribution in [0.1, 0.15) is 49.1 Å². The fraction of sp³-hybridized carbons (Fsp3) is 0.524. The summed E-state index contributed by atoms with van der Waals surface area (Å²) in [6.07, 6.45) is 4.50. The van der Waals surface area contributed by atoms with E-state index in [9.17, 15) is 4.79 Å². The van der Waals surface area contributed by atoms with Gasteiger partial charge in [0.15, 0.2) is 0 Å². The fourth-order valence-corrected chi connectivity index (χ4v) is 4.06. The van der Waals surface area contributed by atoms with E-state index in [0.717, 1.165) is 55.9 Å². The zero-order valence-electron chi connectivity index (χ0n) is 15.6. The Kier molecular flexibility index (Phi) is 4.57. The molecule has 1 spiro atoms. The van der Waals surface area contributed by atoms with Crippen LogP contribution in [0.4, 0.5) is 0 Å². The molecule has 0 bridgehead atoms. The zero-order chi connectivity index (χ0) is 18.1. The number of aromatic nitrogens is 1. The van der Waals surface area contributed by atoms with Gasteiger partial charge in [-0.1, -0.05) is 17.7 Å². The van der Waals surface area contributed by atoms with Crippen LogP contribution in [0.3, 0.4) is 0 Å². The molecule has 5 nitrogen and oxygen atoms in total. The lowest BCUT2D eigenvalue weighted by Gasteiger charge is -2.26. The van der Waals surface area contributed by atoms with Gasteiger partial charge in [0.25, 0.3) is 0 Å². The Balaban J connectivity index is 1.51. The molecule has 2 aliphatic rings. The molecular formula is C21H26N2O3. The topological polar surface area (TPSA) is 55.6 Å². The van der Waals surface area contributed by atoms with Crippen LogP contribution in [0.15, 0.2) is 28.7 Å². The van der Waals surface area contributed by atoms with Crippen LogP contribution in [0, 0.1) is 13.8 Å². The summed E-state index contributed by atoms with van der Waals surface area (Å²) in [5.74, 6) is 1.60. The van der Waals surface area contributed by atoms with Crippen molar-refractivity contribution < 1.29 is 13.9 Å². The molecule has 5 heteroatoms. The van der Waals surface area contributed by atoms with Crippen molar-refractivity contribution in [2.75, 3.05) is 13.2 Å². The Labute approximate surface area is 154 Å². The molecule has 0 saturated carbocycles. The number of nitrogens with zero attached hydrogens (tertiary/aromatic N) is 2. The van der Waals surface area contributed by atoms with Crippen LogP contribution in [0.25, 0.3) is 11.5 Å². The normalized spacial score (nSPS) is 23.6. The van der Waals surface area contributed by atoms with E-state index < -0.39 is 0 Å². The van der Waals surface area contributed by atoms with Gasteiger partial charge in [-0.2, -0.15) is 0 Å². The predicted molar refractivity (Wildman–Crippen MR) is 98.6 cm³/mol. The summed E-state index contributed by atoms with van der Waals surface area (Å²) in [6.45, 7) is 6.04. The molecule has 3 heterocycles. The molecule has 4 rings (SSSR count). The van der Waals surface area contributed by atoms with Crippen molar-refractivity contribution in [1.82, 2.24) is 9.88 Å². The summed E-state index contributed by atoms with van der Waals surface area (Å²) in [7, 11) is 0. The number of hydrogen-bond donors (Lipinski definition) is 0. The van der Waals surface area contributed by atoms with E-state index in [2.05, 4.69) is 24.0 Å². The molecule has 1 atom stereocenters. The molecule has 0 aliphatic carbocycles. The number of amides is 1. The minimum absolute atomic E-state index is 0.0734. The first-order chi connectivity index (χ1) is 12.5. The summed E-state index contributed by atoms with van der Waals surface area (Å²) in [4.78, 5) is 19.2. The van der Waals surface area contributed by atoms with Gasteiger partial charge in [-0.05, 0) is 51.7 Å². The first kappa shape index (κ1) is 17.3. The summed E-state index contributed by atoms with van der Waals surface area (Å²) >= 11 is 0. The molecule has 1 aromatic carbocycles. The van der Waals surface area contributed by atoms with Crippen LogP contribution >= 0.6 is 0 Å². The van der Waals surface area contributed by atoms with Gasteiger partial charge in [-0.25, -0.2) is 4.98 Å². The first-order valence-corrected chi connectivity index (χ1v) is 9.50. The standard InChI is InChI=1S/C21H26N2O3/c1-15-5-3-6-17(13-15)20-22-18(16(2)26-20)14-23-11-10-21(8-4-12-25-21)9-7-19(23)24/h3,5-6,13H,4,7-12,14H2,1-2H3/t21-/m0/s1. The van der Waals surface area contributed by atoms with E-state index in [-0.39, 0.29) is 11.5 Å². The molecule has 2 aromatic rings. The Morgan fingerprint density at radius 3 is 2.88 bits per heavy atom. The van der Waals surface area contributed by atoms with Gasteiger partial charge in [0, 0.05) is 25.1 Å². The second-order valence-corrected chi connectivity index (χ2v) is 7.59. The number of carbonyl (C=O) groups is 1. The van der Waals surface area contributed by atoms with Crippen LogP contribution in [0.2, 0.25) is 0 Å². The number of rotatable bonds is 3. The van der Waals surface area contributed by atoms with Crippen molar-refractivity contribution >= 4 is 5.91 Å². The van der Waals surface area contributed by atoms with E-state index in [1.165, 1.54) is 5.56 Å². The predicted octanol–water partition coefficient (Wildman–Crippen LogP) is 4.02. The van der Waals surface area contributed by atoms with Crippen LogP contribution < -0.4 is 0 Å². The highest BCUT2D eigenvalue weighted by atomic mass is 16.5. The number of oxazole rings is 1. The molecule has 1 amide bonds. The summed E-state index contributed by atoms with van der Waals surface area (Å²) in [6, 6.07) is 8.12. The number of ether oxygens (including phenoxy) is 1. The Morgan fingerprint density at radius 2 is 2.12 bits per heavy atom. The number of benzene rings is 1. The Bertz CT molecular complexity index is 805. The molecule has 2 aliphatic heterocycles. The maximum Gasteiger partial charge on any atom is 0.226 e. The molecule has 26 heavy (non-hydrogen) atoms. The third-order valence-electron chi connectivity index (χ3n) is 5.67. The Morgan fingerprint density at radius 1 is 1.23 bits per heavy atom. The van der Waals surface area contributed by atoms with Gasteiger partial charge < -0.3 is 14.1 Å². The molecule has 1 aromatic heterocycles. The van der Waals surface area contributed by atoms with Gasteiger partial charge in [-0.3, -0.25) is 4.79 Å². The van der Waals surface area contributed by atoms with Gasteiger partial charge in [0.2, 0.25) is 11.8 Å². The Hall–Kier alpha value is -2.14. The second kappa shape index (κ2) is 6.88. The highest BCUT2D eigenvalue weighted by Gasteiger charge is 2.38. The molecular weight excluding hydrogens is 328 g/mol. The maximum atomic E-state index is 12.6. The SMILES string of the molecule is Cc1cccc(-c2nc(CN3CC[C@]4(CCCO4)CCC3=O)c(C)o2)c1. The fourth-order valence-electron chi connectivity index (χ4n) is 4.06. The van der Waals surface area contributed by atoms with Crippen molar-refractivity contribution in [1.29, 1.82) is 0 Å². The number of aryl methyl sites for hydroxylation is 2. The average molecular weight is 354 g/mol. The van der Waals surface area contributed by atoms with E-state index >= 15 is 0 Å². The van der Waals surface area contributed by atoms with Gasteiger partial charge in [-0.15, -0.1) is 0 Å². The lowest BCUT2D eigenvalue weighted by atomic mass is 9.92. The average Bonchev–Trinajstić information content (AvgIpc) is 3.20. The molecule has 2 fully saturated rings. The monoisotopic (exact) mass is 354 g/mol. The van der Waals surface area contributed by atoms with Crippen LogP contribution in [0.5, 0.6) is 0 Å². The molecule has 0 N–H and O–H groups in total. The molecule has 2 saturated heterocycles. The largest absolute Gasteiger partial charge is 0.441 e. The third-order valence-corrected chi connectivity index (χ3v) is 5.67. The van der Waals surface area contributed by atoms with Crippen molar-refractivity contribution in [3.63, 3.8) is 0 Å². The van der Waals surface area contributed by atoms with E-state index in [0.29, 0.717) is 18.9 Å². The lowest BCUT2D eigenvalue weighted by molar-refractivity contribution is -0.131. The van der Waals surface area contributed by atoms with Crippen LogP contribution in [-0.2, 0) is 16.1 Å². The van der Waals surface area contributed by atoms with E-state index in [1.54, 1.807) is 0 Å². The number of likely N-dealkylation sites (tertiary alicyclic amines) is 1. The molecule has 0 radical (unpaired) electrons. The van der Waals surface area contributed by atoms with Crippen molar-refractivity contribution in [3.8, 4) is 11.5 Å². The zero-order valence-corrected chi connectivity index (χ0v) is 15.6. The van der Waals surface area contributed by atoms with Crippen molar-refractivity contribution in [2.24, 2.45) is 0 Å². The smallest absolute Gasteiger partial charge is 0.226 e.